The summed E-state index contributed by atoms with van der Waals surface area (Å²) in [5.41, 5.74) is 0.402. The zero-order valence-corrected chi connectivity index (χ0v) is 12.8. The van der Waals surface area contributed by atoms with E-state index in [2.05, 4.69) is 21.2 Å². The summed E-state index contributed by atoms with van der Waals surface area (Å²) in [5.74, 6) is 0.595. The van der Waals surface area contributed by atoms with E-state index < -0.39 is 0 Å². The Morgan fingerprint density at radius 3 is 2.74 bits per heavy atom. The summed E-state index contributed by atoms with van der Waals surface area (Å²) in [6, 6.07) is 7.22. The van der Waals surface area contributed by atoms with E-state index in [4.69, 9.17) is 10.00 Å². The van der Waals surface area contributed by atoms with Crippen molar-refractivity contribution < 1.29 is 9.53 Å². The Balaban J connectivity index is 2.58. The molecule has 0 aromatic heterocycles. The second-order valence-corrected chi connectivity index (χ2v) is 5.56. The summed E-state index contributed by atoms with van der Waals surface area (Å²) in [6.45, 7) is 5.93. The van der Waals surface area contributed by atoms with Gasteiger partial charge in [0.05, 0.1) is 5.56 Å². The van der Waals surface area contributed by atoms with Crippen LogP contribution in [0, 0.1) is 17.2 Å². The van der Waals surface area contributed by atoms with Crippen LogP contribution in [-0.4, -0.2) is 18.6 Å². The molecular weight excluding hydrogens is 308 g/mol. The molecule has 1 aromatic rings. The highest BCUT2D eigenvalue weighted by atomic mass is 79.9. The highest BCUT2D eigenvalue weighted by Gasteiger charge is 2.12. The van der Waals surface area contributed by atoms with Crippen LogP contribution < -0.4 is 10.1 Å². The maximum atomic E-state index is 11.7. The molecule has 0 aliphatic carbocycles. The molecule has 0 fully saturated rings. The first-order chi connectivity index (χ1) is 8.93. The summed E-state index contributed by atoms with van der Waals surface area (Å²) in [4.78, 5) is 11.7. The molecule has 4 nitrogen and oxygen atoms in total. The van der Waals surface area contributed by atoms with Gasteiger partial charge in [0.15, 0.2) is 6.61 Å². The molecule has 19 heavy (non-hydrogen) atoms. The smallest absolute Gasteiger partial charge is 0.258 e. The lowest BCUT2D eigenvalue weighted by Crippen LogP contribution is -2.39. The Morgan fingerprint density at radius 1 is 1.47 bits per heavy atom. The molecule has 102 valence electrons. The molecule has 0 spiro atoms. The second kappa shape index (κ2) is 7.15. The first kappa shape index (κ1) is 15.5. The van der Waals surface area contributed by atoms with Gasteiger partial charge in [-0.15, -0.1) is 0 Å². The van der Waals surface area contributed by atoms with Gasteiger partial charge in [-0.3, -0.25) is 4.79 Å². The SMILES string of the molecule is CC(C)C(C)NC(=O)COc1ccc(Br)cc1C#N. The highest BCUT2D eigenvalue weighted by molar-refractivity contribution is 9.10. The molecule has 1 N–H and O–H groups in total. The van der Waals surface area contributed by atoms with Gasteiger partial charge < -0.3 is 10.1 Å². The van der Waals surface area contributed by atoms with Crippen LogP contribution in [0.15, 0.2) is 22.7 Å². The van der Waals surface area contributed by atoms with Crippen molar-refractivity contribution >= 4 is 21.8 Å². The Labute approximate surface area is 121 Å². The van der Waals surface area contributed by atoms with Crippen LogP contribution in [0.25, 0.3) is 0 Å². The average molecular weight is 325 g/mol. The van der Waals surface area contributed by atoms with Gasteiger partial charge in [0.2, 0.25) is 0 Å². The maximum absolute atomic E-state index is 11.7. The summed E-state index contributed by atoms with van der Waals surface area (Å²) in [6.07, 6.45) is 0. The predicted molar refractivity (Wildman–Crippen MR) is 76.8 cm³/mol. The van der Waals surface area contributed by atoms with E-state index in [0.717, 1.165) is 4.47 Å². The third-order valence-electron chi connectivity index (χ3n) is 2.81. The maximum Gasteiger partial charge on any atom is 0.258 e. The number of carbonyl (C=O) groups excluding carboxylic acids is 1. The van der Waals surface area contributed by atoms with Gasteiger partial charge >= 0.3 is 0 Å². The van der Waals surface area contributed by atoms with Crippen LogP contribution in [-0.2, 0) is 4.79 Å². The number of nitriles is 1. The number of halogens is 1. The Morgan fingerprint density at radius 2 is 2.16 bits per heavy atom. The van der Waals surface area contributed by atoms with E-state index in [1.165, 1.54) is 0 Å². The Bertz CT molecular complexity index is 495. The van der Waals surface area contributed by atoms with E-state index in [1.807, 2.05) is 26.8 Å². The zero-order valence-electron chi connectivity index (χ0n) is 11.2. The summed E-state index contributed by atoms with van der Waals surface area (Å²) in [5, 5.41) is 11.8. The fourth-order valence-electron chi connectivity index (χ4n) is 1.32. The Hall–Kier alpha value is -1.54. The molecule has 0 aliphatic heterocycles. The van der Waals surface area contributed by atoms with Gasteiger partial charge in [-0.1, -0.05) is 29.8 Å². The van der Waals surface area contributed by atoms with Gasteiger partial charge in [0, 0.05) is 10.5 Å². The molecule has 1 unspecified atom stereocenters. The molecule has 0 bridgehead atoms. The fraction of sp³-hybridized carbons (Fsp3) is 0.429. The van der Waals surface area contributed by atoms with Gasteiger partial charge in [-0.25, -0.2) is 0 Å². The number of hydrogen-bond acceptors (Lipinski definition) is 3. The van der Waals surface area contributed by atoms with Crippen LogP contribution in [0.5, 0.6) is 5.75 Å². The molecule has 0 heterocycles. The van der Waals surface area contributed by atoms with Crippen molar-refractivity contribution in [3.8, 4) is 11.8 Å². The van der Waals surface area contributed by atoms with Crippen molar-refractivity contribution in [3.05, 3.63) is 28.2 Å². The number of hydrogen-bond donors (Lipinski definition) is 1. The first-order valence-corrected chi connectivity index (χ1v) is 6.85. The molecule has 0 radical (unpaired) electrons. The minimum atomic E-state index is -0.187. The molecule has 1 rings (SSSR count). The summed E-state index contributed by atoms with van der Waals surface area (Å²) < 4.78 is 6.17. The minimum absolute atomic E-state index is 0.0899. The van der Waals surface area contributed by atoms with Crippen LogP contribution in [0.1, 0.15) is 26.3 Å². The lowest BCUT2D eigenvalue weighted by Gasteiger charge is -2.17. The van der Waals surface area contributed by atoms with Crippen molar-refractivity contribution in [2.75, 3.05) is 6.61 Å². The first-order valence-electron chi connectivity index (χ1n) is 6.06. The lowest BCUT2D eigenvalue weighted by molar-refractivity contribution is -0.124. The van der Waals surface area contributed by atoms with Crippen LogP contribution in [0.2, 0.25) is 0 Å². The number of carbonyl (C=O) groups is 1. The Kier molecular flexibility index (Phi) is 5.84. The van der Waals surface area contributed by atoms with Crippen molar-refractivity contribution in [1.82, 2.24) is 5.32 Å². The zero-order chi connectivity index (χ0) is 14.4. The van der Waals surface area contributed by atoms with Gasteiger partial charge in [-0.05, 0) is 31.0 Å². The lowest BCUT2D eigenvalue weighted by atomic mass is 10.1. The van der Waals surface area contributed by atoms with Crippen molar-refractivity contribution in [2.24, 2.45) is 5.92 Å². The van der Waals surface area contributed by atoms with Gasteiger partial charge in [-0.2, -0.15) is 5.26 Å². The van der Waals surface area contributed by atoms with E-state index in [0.29, 0.717) is 17.2 Å². The van der Waals surface area contributed by atoms with Crippen molar-refractivity contribution in [3.63, 3.8) is 0 Å². The number of nitrogens with zero attached hydrogens (tertiary/aromatic N) is 1. The third kappa shape index (κ3) is 4.92. The molecule has 1 aromatic carbocycles. The standard InChI is InChI=1S/C14H17BrN2O2/c1-9(2)10(3)17-14(18)8-19-13-5-4-12(15)6-11(13)7-16/h4-6,9-10H,8H2,1-3H3,(H,17,18). The summed E-state index contributed by atoms with van der Waals surface area (Å²) in [7, 11) is 0. The summed E-state index contributed by atoms with van der Waals surface area (Å²) >= 11 is 3.28. The normalized spacial score (nSPS) is 11.8. The minimum Gasteiger partial charge on any atom is -0.482 e. The van der Waals surface area contributed by atoms with Crippen LogP contribution in [0.3, 0.4) is 0 Å². The number of benzene rings is 1. The molecule has 1 amide bonds. The predicted octanol–water partition coefficient (Wildman–Crippen LogP) is 2.86. The largest absolute Gasteiger partial charge is 0.482 e. The molecule has 1 atom stereocenters. The highest BCUT2D eigenvalue weighted by Crippen LogP contribution is 2.22. The molecule has 0 aliphatic rings. The molecule has 0 saturated carbocycles. The van der Waals surface area contributed by atoms with Crippen LogP contribution in [0.4, 0.5) is 0 Å². The van der Waals surface area contributed by atoms with E-state index in [9.17, 15) is 4.79 Å². The molecular formula is C14H17BrN2O2. The number of amides is 1. The van der Waals surface area contributed by atoms with Crippen molar-refractivity contribution in [1.29, 1.82) is 5.26 Å². The fourth-order valence-corrected chi connectivity index (χ4v) is 1.68. The topological polar surface area (TPSA) is 62.1 Å². The average Bonchev–Trinajstić information content (AvgIpc) is 2.36. The monoisotopic (exact) mass is 324 g/mol. The van der Waals surface area contributed by atoms with Gasteiger partial charge in [0.25, 0.3) is 5.91 Å². The van der Waals surface area contributed by atoms with E-state index >= 15 is 0 Å². The quantitative estimate of drug-likeness (QED) is 0.905. The van der Waals surface area contributed by atoms with Crippen LogP contribution >= 0.6 is 15.9 Å². The number of ether oxygens (including phenoxy) is 1. The number of nitrogens with one attached hydrogen (secondary N) is 1. The number of rotatable bonds is 5. The third-order valence-corrected chi connectivity index (χ3v) is 3.30. The molecule has 0 saturated heterocycles. The van der Waals surface area contributed by atoms with Gasteiger partial charge in [0.1, 0.15) is 11.8 Å². The van der Waals surface area contributed by atoms with E-state index in [1.54, 1.807) is 18.2 Å². The molecule has 5 heteroatoms. The second-order valence-electron chi connectivity index (χ2n) is 4.64. The van der Waals surface area contributed by atoms with Crippen molar-refractivity contribution in [2.45, 2.75) is 26.8 Å². The van der Waals surface area contributed by atoms with E-state index in [-0.39, 0.29) is 18.6 Å².